The van der Waals surface area contributed by atoms with E-state index in [4.69, 9.17) is 16.3 Å². The standard InChI is InChI=1S/C18H17ClN2O4/c1-25-18(22)16-14(11-5-3-2-4-6-11)17(21(23)24)15(20-16)12-7-9-13(19)10-8-12/h2-10,14-17,20H,1H3/t14-,15+,16+,17+/m0/s1. The zero-order chi connectivity index (χ0) is 18.0. The van der Waals surface area contributed by atoms with Crippen LogP contribution in [0.3, 0.4) is 0 Å². The maximum absolute atomic E-state index is 12.3. The molecule has 1 aliphatic heterocycles. The number of halogens is 1. The highest BCUT2D eigenvalue weighted by molar-refractivity contribution is 6.30. The molecule has 2 aromatic rings. The number of nitrogens with zero attached hydrogens (tertiary/aromatic N) is 1. The molecule has 4 atom stereocenters. The van der Waals surface area contributed by atoms with Crippen LogP contribution in [0, 0.1) is 10.1 Å². The minimum Gasteiger partial charge on any atom is -0.468 e. The van der Waals surface area contributed by atoms with Gasteiger partial charge in [-0.05, 0) is 23.3 Å². The molecule has 0 radical (unpaired) electrons. The zero-order valence-corrected chi connectivity index (χ0v) is 14.2. The van der Waals surface area contributed by atoms with E-state index in [1.54, 1.807) is 48.5 Å². The highest BCUT2D eigenvalue weighted by Gasteiger charge is 2.54. The molecule has 0 spiro atoms. The monoisotopic (exact) mass is 360 g/mol. The molecule has 0 aliphatic carbocycles. The van der Waals surface area contributed by atoms with Crippen LogP contribution in [0.4, 0.5) is 0 Å². The van der Waals surface area contributed by atoms with E-state index in [1.807, 2.05) is 6.07 Å². The third-order valence-electron chi connectivity index (χ3n) is 4.54. The molecule has 0 amide bonds. The summed E-state index contributed by atoms with van der Waals surface area (Å²) >= 11 is 5.92. The second kappa shape index (κ2) is 7.21. The van der Waals surface area contributed by atoms with Gasteiger partial charge in [0.05, 0.1) is 13.0 Å². The van der Waals surface area contributed by atoms with Gasteiger partial charge < -0.3 is 4.74 Å². The molecule has 3 rings (SSSR count). The number of carbonyl (C=O) groups is 1. The first-order chi connectivity index (χ1) is 12.0. The Hall–Kier alpha value is -2.44. The van der Waals surface area contributed by atoms with Gasteiger partial charge in [-0.2, -0.15) is 0 Å². The lowest BCUT2D eigenvalue weighted by molar-refractivity contribution is -0.527. The fourth-order valence-corrected chi connectivity index (χ4v) is 3.55. The summed E-state index contributed by atoms with van der Waals surface area (Å²) in [5.41, 5.74) is 1.43. The van der Waals surface area contributed by atoms with Crippen LogP contribution in [0.2, 0.25) is 5.02 Å². The van der Waals surface area contributed by atoms with Crippen molar-refractivity contribution in [2.24, 2.45) is 0 Å². The van der Waals surface area contributed by atoms with Crippen molar-refractivity contribution < 1.29 is 14.5 Å². The third-order valence-corrected chi connectivity index (χ3v) is 4.79. The van der Waals surface area contributed by atoms with Gasteiger partial charge in [0.1, 0.15) is 12.1 Å². The molecule has 130 valence electrons. The molecule has 1 saturated heterocycles. The summed E-state index contributed by atoms with van der Waals surface area (Å²) in [6.45, 7) is 0. The van der Waals surface area contributed by atoms with Crippen LogP contribution >= 0.6 is 11.6 Å². The van der Waals surface area contributed by atoms with E-state index in [2.05, 4.69) is 5.32 Å². The molecule has 1 aliphatic rings. The average Bonchev–Trinajstić information content (AvgIpc) is 3.03. The number of hydrogen-bond acceptors (Lipinski definition) is 5. The van der Waals surface area contributed by atoms with Crippen molar-refractivity contribution >= 4 is 17.6 Å². The fourth-order valence-electron chi connectivity index (χ4n) is 3.42. The highest BCUT2D eigenvalue weighted by atomic mass is 35.5. The molecular formula is C18H17ClN2O4. The van der Waals surface area contributed by atoms with Gasteiger partial charge >= 0.3 is 5.97 Å². The number of ether oxygens (including phenoxy) is 1. The van der Waals surface area contributed by atoms with Gasteiger partial charge in [0.25, 0.3) is 0 Å². The van der Waals surface area contributed by atoms with E-state index in [1.165, 1.54) is 7.11 Å². The van der Waals surface area contributed by atoms with Crippen LogP contribution in [0.15, 0.2) is 54.6 Å². The summed E-state index contributed by atoms with van der Waals surface area (Å²) in [7, 11) is 1.28. The first kappa shape index (κ1) is 17.4. The van der Waals surface area contributed by atoms with E-state index in [-0.39, 0.29) is 4.92 Å². The van der Waals surface area contributed by atoms with Gasteiger partial charge in [0.2, 0.25) is 6.04 Å². The number of hydrogen-bond donors (Lipinski definition) is 1. The second-order valence-corrected chi connectivity index (χ2v) is 6.35. The maximum Gasteiger partial charge on any atom is 0.323 e. The highest BCUT2D eigenvalue weighted by Crippen LogP contribution is 2.40. The summed E-state index contributed by atoms with van der Waals surface area (Å²) in [5, 5.41) is 15.5. The van der Waals surface area contributed by atoms with Crippen molar-refractivity contribution in [1.82, 2.24) is 5.32 Å². The van der Waals surface area contributed by atoms with Gasteiger partial charge in [-0.1, -0.05) is 54.1 Å². The van der Waals surface area contributed by atoms with Gasteiger partial charge in [0.15, 0.2) is 0 Å². The summed E-state index contributed by atoms with van der Waals surface area (Å²) in [5.74, 6) is -1.15. The average molecular weight is 361 g/mol. The molecule has 0 unspecified atom stereocenters. The van der Waals surface area contributed by atoms with Crippen molar-refractivity contribution in [3.63, 3.8) is 0 Å². The van der Waals surface area contributed by atoms with Crippen molar-refractivity contribution in [2.75, 3.05) is 7.11 Å². The van der Waals surface area contributed by atoms with Gasteiger partial charge in [-0.15, -0.1) is 0 Å². The Labute approximate surface area is 149 Å². The molecule has 25 heavy (non-hydrogen) atoms. The van der Waals surface area contributed by atoms with E-state index < -0.39 is 30.0 Å². The minimum absolute atomic E-state index is 0.327. The number of nitro groups is 1. The van der Waals surface area contributed by atoms with Crippen LogP contribution in [0.5, 0.6) is 0 Å². The molecular weight excluding hydrogens is 344 g/mol. The van der Waals surface area contributed by atoms with Crippen molar-refractivity contribution in [3.8, 4) is 0 Å². The first-order valence-corrected chi connectivity index (χ1v) is 8.18. The molecule has 0 bridgehead atoms. The normalized spacial score (nSPS) is 25.5. The Balaban J connectivity index is 2.07. The zero-order valence-electron chi connectivity index (χ0n) is 13.5. The largest absolute Gasteiger partial charge is 0.468 e. The quantitative estimate of drug-likeness (QED) is 0.515. The minimum atomic E-state index is -1.01. The van der Waals surface area contributed by atoms with E-state index in [9.17, 15) is 14.9 Å². The molecule has 2 aromatic carbocycles. The Bertz CT molecular complexity index is 766. The van der Waals surface area contributed by atoms with Crippen molar-refractivity contribution in [2.45, 2.75) is 24.0 Å². The first-order valence-electron chi connectivity index (χ1n) is 7.80. The SMILES string of the molecule is COC(=O)[C@@H]1N[C@H](c2ccc(Cl)cc2)[C@H]([N+](=O)[O-])[C@H]1c1ccccc1. The number of methoxy groups -OCH3 is 1. The number of rotatable bonds is 4. The summed E-state index contributed by atoms with van der Waals surface area (Å²) in [6, 6.07) is 13.4. The van der Waals surface area contributed by atoms with E-state index in [0.717, 1.165) is 5.56 Å². The summed E-state index contributed by atoms with van der Waals surface area (Å²) in [4.78, 5) is 23.8. The van der Waals surface area contributed by atoms with Gasteiger partial charge in [0, 0.05) is 9.95 Å². The second-order valence-electron chi connectivity index (χ2n) is 5.91. The number of carbonyl (C=O) groups excluding carboxylic acids is 1. The lowest BCUT2D eigenvalue weighted by Gasteiger charge is -2.19. The number of nitrogens with one attached hydrogen (secondary N) is 1. The molecule has 0 saturated carbocycles. The fraction of sp³-hybridized carbons (Fsp3) is 0.278. The van der Waals surface area contributed by atoms with Crippen LogP contribution in [0.1, 0.15) is 23.1 Å². The maximum atomic E-state index is 12.3. The van der Waals surface area contributed by atoms with Gasteiger partial charge in [-0.25, -0.2) is 0 Å². The van der Waals surface area contributed by atoms with Crippen LogP contribution in [0.25, 0.3) is 0 Å². The predicted molar refractivity (Wildman–Crippen MR) is 93.1 cm³/mol. The third kappa shape index (κ3) is 3.36. The van der Waals surface area contributed by atoms with Gasteiger partial charge in [-0.3, -0.25) is 20.2 Å². The Morgan fingerprint density at radius 1 is 1.12 bits per heavy atom. The summed E-state index contributed by atoms with van der Waals surface area (Å²) in [6.07, 6.45) is 0. The molecule has 7 heteroatoms. The molecule has 1 N–H and O–H groups in total. The lowest BCUT2D eigenvalue weighted by atomic mass is 9.85. The molecule has 1 fully saturated rings. The molecule has 0 aromatic heterocycles. The Kier molecular flexibility index (Phi) is 5.01. The predicted octanol–water partition coefficient (Wildman–Crippen LogP) is 2.96. The summed E-state index contributed by atoms with van der Waals surface area (Å²) < 4.78 is 4.87. The number of benzene rings is 2. The van der Waals surface area contributed by atoms with Crippen LogP contribution in [-0.2, 0) is 9.53 Å². The lowest BCUT2D eigenvalue weighted by Crippen LogP contribution is -2.37. The molecule has 6 nitrogen and oxygen atoms in total. The smallest absolute Gasteiger partial charge is 0.323 e. The Morgan fingerprint density at radius 2 is 1.76 bits per heavy atom. The van der Waals surface area contributed by atoms with Crippen LogP contribution < -0.4 is 5.32 Å². The topological polar surface area (TPSA) is 81.5 Å². The number of esters is 1. The molecule has 1 heterocycles. The van der Waals surface area contributed by atoms with E-state index >= 15 is 0 Å². The van der Waals surface area contributed by atoms with Crippen molar-refractivity contribution in [3.05, 3.63) is 80.9 Å². The Morgan fingerprint density at radius 3 is 2.32 bits per heavy atom. The van der Waals surface area contributed by atoms with Crippen LogP contribution in [-0.4, -0.2) is 30.1 Å². The van der Waals surface area contributed by atoms with Crippen molar-refractivity contribution in [1.29, 1.82) is 0 Å². The van der Waals surface area contributed by atoms with E-state index in [0.29, 0.717) is 10.6 Å².